The van der Waals surface area contributed by atoms with Gasteiger partial charge in [0.1, 0.15) is 5.75 Å². The summed E-state index contributed by atoms with van der Waals surface area (Å²) in [6.45, 7) is 2.94. The van der Waals surface area contributed by atoms with Crippen molar-refractivity contribution in [2.24, 2.45) is 0 Å². The molecular formula is C16H20N2O2. The molecule has 0 bridgehead atoms. The normalized spacial score (nSPS) is 11.9. The topological polar surface area (TPSA) is 43.4 Å². The number of methoxy groups -OCH3 is 2. The summed E-state index contributed by atoms with van der Waals surface area (Å²) in [5.74, 6) is 1.50. The molecule has 4 heteroatoms. The first-order chi connectivity index (χ1) is 9.80. The van der Waals surface area contributed by atoms with Crippen LogP contribution in [0.3, 0.4) is 0 Å². The van der Waals surface area contributed by atoms with Gasteiger partial charge in [-0.15, -0.1) is 0 Å². The molecule has 0 aliphatic rings. The van der Waals surface area contributed by atoms with Crippen LogP contribution in [0.5, 0.6) is 11.6 Å². The molecule has 1 heterocycles. The molecule has 1 N–H and O–H groups in total. The van der Waals surface area contributed by atoms with E-state index in [2.05, 4.69) is 29.4 Å². The predicted octanol–water partition coefficient (Wildman–Crippen LogP) is 2.80. The highest BCUT2D eigenvalue weighted by Crippen LogP contribution is 2.29. The molecule has 1 aromatic carbocycles. The second-order valence-corrected chi connectivity index (χ2v) is 4.37. The number of benzene rings is 1. The highest BCUT2D eigenvalue weighted by atomic mass is 16.5. The lowest BCUT2D eigenvalue weighted by Gasteiger charge is -2.20. The molecule has 0 aliphatic carbocycles. The number of hydrogen-bond acceptors (Lipinski definition) is 4. The molecule has 1 atom stereocenters. The van der Waals surface area contributed by atoms with Crippen molar-refractivity contribution in [3.05, 3.63) is 53.7 Å². The molecule has 0 spiro atoms. The van der Waals surface area contributed by atoms with Gasteiger partial charge < -0.3 is 14.8 Å². The molecule has 0 amide bonds. The Hall–Kier alpha value is -2.07. The van der Waals surface area contributed by atoms with E-state index < -0.39 is 0 Å². The summed E-state index contributed by atoms with van der Waals surface area (Å²) in [4.78, 5) is 4.27. The zero-order valence-corrected chi connectivity index (χ0v) is 12.1. The lowest BCUT2D eigenvalue weighted by atomic mass is 9.99. The van der Waals surface area contributed by atoms with Crippen LogP contribution in [0.25, 0.3) is 0 Å². The van der Waals surface area contributed by atoms with Gasteiger partial charge in [-0.1, -0.05) is 25.1 Å². The van der Waals surface area contributed by atoms with E-state index in [-0.39, 0.29) is 6.04 Å². The van der Waals surface area contributed by atoms with E-state index in [0.717, 1.165) is 23.4 Å². The van der Waals surface area contributed by atoms with Gasteiger partial charge in [-0.25, -0.2) is 4.98 Å². The Balaban J connectivity index is 2.39. The molecule has 0 radical (unpaired) electrons. The first-order valence-electron chi connectivity index (χ1n) is 6.66. The van der Waals surface area contributed by atoms with Crippen LogP contribution < -0.4 is 14.8 Å². The van der Waals surface area contributed by atoms with Gasteiger partial charge >= 0.3 is 0 Å². The first kappa shape index (κ1) is 14.3. The molecule has 1 unspecified atom stereocenters. The van der Waals surface area contributed by atoms with Crippen molar-refractivity contribution in [2.75, 3.05) is 20.8 Å². The number of nitrogens with one attached hydrogen (secondary N) is 1. The zero-order chi connectivity index (χ0) is 14.4. The number of nitrogens with zero attached hydrogens (tertiary/aromatic N) is 1. The van der Waals surface area contributed by atoms with Gasteiger partial charge in [0.15, 0.2) is 0 Å². The van der Waals surface area contributed by atoms with Crippen molar-refractivity contribution in [3.8, 4) is 11.6 Å². The van der Waals surface area contributed by atoms with Crippen LogP contribution in [-0.4, -0.2) is 25.7 Å². The van der Waals surface area contributed by atoms with Gasteiger partial charge in [0.25, 0.3) is 0 Å². The van der Waals surface area contributed by atoms with Crippen molar-refractivity contribution in [2.45, 2.75) is 13.0 Å². The van der Waals surface area contributed by atoms with Crippen LogP contribution >= 0.6 is 0 Å². The van der Waals surface area contributed by atoms with Crippen LogP contribution in [0, 0.1) is 0 Å². The quantitative estimate of drug-likeness (QED) is 0.878. The molecule has 0 fully saturated rings. The molecule has 106 valence electrons. The first-order valence-corrected chi connectivity index (χ1v) is 6.66. The monoisotopic (exact) mass is 272 g/mol. The van der Waals surface area contributed by atoms with Gasteiger partial charge in [-0.2, -0.15) is 0 Å². The van der Waals surface area contributed by atoms with E-state index in [4.69, 9.17) is 9.47 Å². The average molecular weight is 272 g/mol. The van der Waals surface area contributed by atoms with Gasteiger partial charge in [-0.05, 0) is 30.3 Å². The minimum absolute atomic E-state index is 0.0505. The van der Waals surface area contributed by atoms with E-state index in [1.165, 1.54) is 0 Å². The van der Waals surface area contributed by atoms with E-state index in [1.54, 1.807) is 20.4 Å². The van der Waals surface area contributed by atoms with E-state index in [1.807, 2.05) is 24.3 Å². The van der Waals surface area contributed by atoms with Crippen molar-refractivity contribution >= 4 is 0 Å². The highest BCUT2D eigenvalue weighted by molar-refractivity contribution is 5.39. The summed E-state index contributed by atoms with van der Waals surface area (Å²) < 4.78 is 10.6. The second-order valence-electron chi connectivity index (χ2n) is 4.37. The van der Waals surface area contributed by atoms with Crippen LogP contribution in [0.4, 0.5) is 0 Å². The Kier molecular flexibility index (Phi) is 4.96. The number of aromatic nitrogens is 1. The summed E-state index contributed by atoms with van der Waals surface area (Å²) >= 11 is 0. The van der Waals surface area contributed by atoms with Gasteiger partial charge in [0, 0.05) is 11.8 Å². The fraction of sp³-hybridized carbons (Fsp3) is 0.312. The maximum absolute atomic E-state index is 5.36. The third-order valence-electron chi connectivity index (χ3n) is 3.16. The van der Waals surface area contributed by atoms with Crippen LogP contribution in [0.1, 0.15) is 24.1 Å². The largest absolute Gasteiger partial charge is 0.497 e. The molecule has 0 aliphatic heterocycles. The third kappa shape index (κ3) is 3.08. The lowest BCUT2D eigenvalue weighted by Crippen LogP contribution is -2.22. The predicted molar refractivity (Wildman–Crippen MR) is 79.3 cm³/mol. The fourth-order valence-corrected chi connectivity index (χ4v) is 2.20. The number of hydrogen-bond donors (Lipinski definition) is 1. The molecule has 0 saturated carbocycles. The zero-order valence-electron chi connectivity index (χ0n) is 12.1. The van der Waals surface area contributed by atoms with Crippen LogP contribution in [0.15, 0.2) is 42.6 Å². The Morgan fingerprint density at radius 3 is 2.45 bits per heavy atom. The maximum atomic E-state index is 5.36. The molecular weight excluding hydrogens is 252 g/mol. The second kappa shape index (κ2) is 6.91. The summed E-state index contributed by atoms with van der Waals surface area (Å²) in [5, 5.41) is 3.47. The summed E-state index contributed by atoms with van der Waals surface area (Å²) in [6, 6.07) is 12.0. The number of ether oxygens (including phenoxy) is 2. The van der Waals surface area contributed by atoms with Crippen molar-refractivity contribution in [3.63, 3.8) is 0 Å². The van der Waals surface area contributed by atoms with Crippen molar-refractivity contribution < 1.29 is 9.47 Å². The minimum Gasteiger partial charge on any atom is -0.497 e. The van der Waals surface area contributed by atoms with Gasteiger partial charge in [0.2, 0.25) is 5.88 Å². The van der Waals surface area contributed by atoms with Gasteiger partial charge in [0.05, 0.1) is 20.3 Å². The molecule has 20 heavy (non-hydrogen) atoms. The van der Waals surface area contributed by atoms with E-state index >= 15 is 0 Å². The lowest BCUT2D eigenvalue weighted by molar-refractivity contribution is 0.387. The standard InChI is InChI=1S/C16H20N2O2/c1-4-17-15(12-7-9-13(19-2)10-8-12)14-6-5-11-18-16(14)20-3/h5-11,15,17H,4H2,1-3H3. The Morgan fingerprint density at radius 1 is 1.10 bits per heavy atom. The highest BCUT2D eigenvalue weighted by Gasteiger charge is 2.17. The van der Waals surface area contributed by atoms with E-state index in [0.29, 0.717) is 5.88 Å². The number of pyridine rings is 1. The average Bonchev–Trinajstić information content (AvgIpc) is 2.53. The Morgan fingerprint density at radius 2 is 1.85 bits per heavy atom. The molecule has 0 saturated heterocycles. The van der Waals surface area contributed by atoms with E-state index in [9.17, 15) is 0 Å². The minimum atomic E-state index is 0.0505. The summed E-state index contributed by atoms with van der Waals surface area (Å²) in [6.07, 6.45) is 1.74. The fourth-order valence-electron chi connectivity index (χ4n) is 2.20. The number of rotatable bonds is 6. The molecule has 4 nitrogen and oxygen atoms in total. The summed E-state index contributed by atoms with van der Waals surface area (Å²) in [5.41, 5.74) is 2.18. The third-order valence-corrected chi connectivity index (χ3v) is 3.16. The SMILES string of the molecule is CCNC(c1ccc(OC)cc1)c1cccnc1OC. The van der Waals surface area contributed by atoms with Crippen LogP contribution in [0.2, 0.25) is 0 Å². The Labute approximate surface area is 119 Å². The summed E-state index contributed by atoms with van der Waals surface area (Å²) in [7, 11) is 3.31. The van der Waals surface area contributed by atoms with Crippen molar-refractivity contribution in [1.82, 2.24) is 10.3 Å². The maximum Gasteiger partial charge on any atom is 0.218 e. The molecule has 2 aromatic rings. The molecule has 2 rings (SSSR count). The smallest absolute Gasteiger partial charge is 0.218 e. The van der Waals surface area contributed by atoms with Crippen molar-refractivity contribution in [1.29, 1.82) is 0 Å². The van der Waals surface area contributed by atoms with Gasteiger partial charge in [-0.3, -0.25) is 0 Å². The van der Waals surface area contributed by atoms with Crippen LogP contribution in [-0.2, 0) is 0 Å². The Bertz CT molecular complexity index is 540. The molecule has 1 aromatic heterocycles.